The van der Waals surface area contributed by atoms with Crippen LogP contribution >= 0.6 is 22.6 Å². The fourth-order valence-electron chi connectivity index (χ4n) is 2.08. The molecule has 2 rings (SSSR count). The molecule has 2 nitrogen and oxygen atoms in total. The number of halogens is 1. The molecule has 3 heteroatoms. The molecule has 0 spiro atoms. The van der Waals surface area contributed by atoms with Crippen LogP contribution in [0.5, 0.6) is 0 Å². The van der Waals surface area contributed by atoms with E-state index in [0.29, 0.717) is 6.04 Å². The summed E-state index contributed by atoms with van der Waals surface area (Å²) in [6, 6.07) is 13.3. The molecular weight excluding hydrogens is 347 g/mol. The molecule has 1 aromatic carbocycles. The summed E-state index contributed by atoms with van der Waals surface area (Å²) in [7, 11) is 0. The number of aryl methyl sites for hydroxylation is 1. The molecule has 0 fully saturated rings. The van der Waals surface area contributed by atoms with Crippen molar-refractivity contribution >= 4 is 22.6 Å². The first-order valence-electron chi connectivity index (χ1n) is 6.59. The van der Waals surface area contributed by atoms with Crippen LogP contribution in [0.2, 0.25) is 0 Å². The highest BCUT2D eigenvalue weighted by atomic mass is 127. The number of nitrogens with zero attached hydrogens (tertiary/aromatic N) is 1. The maximum atomic E-state index is 4.50. The number of rotatable bonds is 5. The number of pyridine rings is 1. The Balaban J connectivity index is 2.15. The summed E-state index contributed by atoms with van der Waals surface area (Å²) in [5.74, 6) is 0. The molecule has 1 heterocycles. The van der Waals surface area contributed by atoms with Crippen molar-refractivity contribution in [3.05, 3.63) is 63.0 Å². The van der Waals surface area contributed by atoms with Gasteiger partial charge in [-0.25, -0.2) is 0 Å². The van der Waals surface area contributed by atoms with Gasteiger partial charge in [-0.1, -0.05) is 25.1 Å². The molecule has 2 aromatic rings. The summed E-state index contributed by atoms with van der Waals surface area (Å²) < 4.78 is 1.27. The third-order valence-electron chi connectivity index (χ3n) is 3.11. The van der Waals surface area contributed by atoms with Gasteiger partial charge in [-0.05, 0) is 65.4 Å². The third-order valence-corrected chi connectivity index (χ3v) is 3.83. The van der Waals surface area contributed by atoms with Crippen LogP contribution in [-0.4, -0.2) is 11.5 Å². The molecule has 0 saturated heterocycles. The van der Waals surface area contributed by atoms with Crippen molar-refractivity contribution in [2.75, 3.05) is 6.54 Å². The summed E-state index contributed by atoms with van der Waals surface area (Å²) in [5.41, 5.74) is 3.66. The predicted molar refractivity (Wildman–Crippen MR) is 88.3 cm³/mol. The van der Waals surface area contributed by atoms with E-state index >= 15 is 0 Å². The fraction of sp³-hybridized carbons (Fsp3) is 0.312. The second kappa shape index (κ2) is 7.01. The molecule has 0 aliphatic heterocycles. The van der Waals surface area contributed by atoms with Gasteiger partial charge in [0.05, 0.1) is 0 Å². The van der Waals surface area contributed by atoms with Crippen molar-refractivity contribution in [3.8, 4) is 0 Å². The SMILES string of the molecule is CCNC(Cc1ccc(C)cn1)c1ccc(I)cc1. The standard InChI is InChI=1S/C16H19IN2/c1-3-18-16(13-5-7-14(17)8-6-13)10-15-9-4-12(2)11-19-15/h4-9,11,16,18H,3,10H2,1-2H3. The minimum Gasteiger partial charge on any atom is -0.310 e. The van der Waals surface area contributed by atoms with Crippen LogP contribution in [0.4, 0.5) is 0 Å². The summed E-state index contributed by atoms with van der Waals surface area (Å²) >= 11 is 2.34. The van der Waals surface area contributed by atoms with Gasteiger partial charge in [0, 0.05) is 27.9 Å². The van der Waals surface area contributed by atoms with Crippen molar-refractivity contribution < 1.29 is 0 Å². The summed E-state index contributed by atoms with van der Waals surface area (Å²) in [5, 5.41) is 3.54. The van der Waals surface area contributed by atoms with E-state index in [1.807, 2.05) is 6.20 Å². The average molecular weight is 366 g/mol. The van der Waals surface area contributed by atoms with Crippen molar-refractivity contribution in [2.24, 2.45) is 0 Å². The van der Waals surface area contributed by atoms with Gasteiger partial charge in [0.1, 0.15) is 0 Å². The fourth-order valence-corrected chi connectivity index (χ4v) is 2.44. The minimum atomic E-state index is 0.331. The van der Waals surface area contributed by atoms with Gasteiger partial charge < -0.3 is 5.32 Å². The highest BCUT2D eigenvalue weighted by Gasteiger charge is 2.11. The summed E-state index contributed by atoms with van der Waals surface area (Å²) in [6.07, 6.45) is 2.86. The van der Waals surface area contributed by atoms with Crippen LogP contribution in [0.15, 0.2) is 42.6 Å². The minimum absolute atomic E-state index is 0.331. The van der Waals surface area contributed by atoms with Gasteiger partial charge in [-0.2, -0.15) is 0 Å². The van der Waals surface area contributed by atoms with Crippen LogP contribution in [0.1, 0.15) is 29.8 Å². The first-order valence-corrected chi connectivity index (χ1v) is 7.67. The Morgan fingerprint density at radius 1 is 1.16 bits per heavy atom. The molecule has 100 valence electrons. The normalized spacial score (nSPS) is 12.4. The van der Waals surface area contributed by atoms with Gasteiger partial charge in [0.2, 0.25) is 0 Å². The van der Waals surface area contributed by atoms with Gasteiger partial charge in [0.25, 0.3) is 0 Å². The lowest BCUT2D eigenvalue weighted by molar-refractivity contribution is 0.544. The lowest BCUT2D eigenvalue weighted by Gasteiger charge is -2.18. The van der Waals surface area contributed by atoms with Crippen molar-refractivity contribution in [2.45, 2.75) is 26.3 Å². The monoisotopic (exact) mass is 366 g/mol. The Hall–Kier alpha value is -0.940. The van der Waals surface area contributed by atoms with Crippen LogP contribution in [0, 0.1) is 10.5 Å². The van der Waals surface area contributed by atoms with Gasteiger partial charge >= 0.3 is 0 Å². The second-order valence-corrected chi connectivity index (χ2v) is 5.94. The van der Waals surface area contributed by atoms with E-state index < -0.39 is 0 Å². The Bertz CT molecular complexity index is 505. The van der Waals surface area contributed by atoms with Gasteiger partial charge in [-0.15, -0.1) is 0 Å². The van der Waals surface area contributed by atoms with E-state index in [1.165, 1.54) is 14.7 Å². The molecule has 19 heavy (non-hydrogen) atoms. The first kappa shape index (κ1) is 14.5. The summed E-state index contributed by atoms with van der Waals surface area (Å²) in [4.78, 5) is 4.50. The zero-order valence-electron chi connectivity index (χ0n) is 11.4. The zero-order valence-corrected chi connectivity index (χ0v) is 13.5. The van der Waals surface area contributed by atoms with E-state index in [4.69, 9.17) is 0 Å². The van der Waals surface area contributed by atoms with Crippen molar-refractivity contribution in [1.29, 1.82) is 0 Å². The lowest BCUT2D eigenvalue weighted by atomic mass is 10.0. The van der Waals surface area contributed by atoms with E-state index in [1.54, 1.807) is 0 Å². The van der Waals surface area contributed by atoms with Crippen molar-refractivity contribution in [3.63, 3.8) is 0 Å². The second-order valence-electron chi connectivity index (χ2n) is 4.69. The Labute approximate surface area is 128 Å². The Morgan fingerprint density at radius 3 is 2.47 bits per heavy atom. The number of likely N-dealkylation sites (N-methyl/N-ethyl adjacent to an activating group) is 1. The van der Waals surface area contributed by atoms with Crippen LogP contribution in [0.25, 0.3) is 0 Å². The zero-order chi connectivity index (χ0) is 13.7. The Morgan fingerprint density at radius 2 is 1.89 bits per heavy atom. The molecule has 1 unspecified atom stereocenters. The quantitative estimate of drug-likeness (QED) is 0.813. The highest BCUT2D eigenvalue weighted by Crippen LogP contribution is 2.19. The van der Waals surface area contributed by atoms with Gasteiger partial charge in [-0.3, -0.25) is 4.98 Å². The van der Waals surface area contributed by atoms with E-state index in [0.717, 1.165) is 18.7 Å². The Kier molecular flexibility index (Phi) is 5.34. The number of hydrogen-bond acceptors (Lipinski definition) is 2. The predicted octanol–water partition coefficient (Wildman–Crippen LogP) is 3.89. The van der Waals surface area contributed by atoms with E-state index in [9.17, 15) is 0 Å². The maximum Gasteiger partial charge on any atom is 0.0422 e. The van der Waals surface area contributed by atoms with E-state index in [-0.39, 0.29) is 0 Å². The number of nitrogens with one attached hydrogen (secondary N) is 1. The van der Waals surface area contributed by atoms with Crippen LogP contribution in [0.3, 0.4) is 0 Å². The molecule has 0 bridgehead atoms. The molecule has 0 aliphatic carbocycles. The maximum absolute atomic E-state index is 4.50. The topological polar surface area (TPSA) is 24.9 Å². The van der Waals surface area contributed by atoms with Crippen LogP contribution in [-0.2, 0) is 6.42 Å². The third kappa shape index (κ3) is 4.28. The van der Waals surface area contributed by atoms with E-state index in [2.05, 4.69) is 83.1 Å². The smallest absolute Gasteiger partial charge is 0.0422 e. The summed E-state index contributed by atoms with van der Waals surface area (Å²) in [6.45, 7) is 5.17. The number of benzene rings is 1. The highest BCUT2D eigenvalue weighted by molar-refractivity contribution is 14.1. The molecule has 1 aromatic heterocycles. The molecule has 0 radical (unpaired) electrons. The largest absolute Gasteiger partial charge is 0.310 e. The number of hydrogen-bond donors (Lipinski definition) is 1. The molecule has 1 N–H and O–H groups in total. The lowest BCUT2D eigenvalue weighted by Crippen LogP contribution is -2.23. The van der Waals surface area contributed by atoms with Crippen molar-refractivity contribution in [1.82, 2.24) is 10.3 Å². The molecule has 0 amide bonds. The van der Waals surface area contributed by atoms with Gasteiger partial charge in [0.15, 0.2) is 0 Å². The molecule has 1 atom stereocenters. The molecule has 0 saturated carbocycles. The average Bonchev–Trinajstić information content (AvgIpc) is 2.42. The molecular formula is C16H19IN2. The number of aromatic nitrogens is 1. The first-order chi connectivity index (χ1) is 9.19. The molecule has 0 aliphatic rings. The van der Waals surface area contributed by atoms with Crippen LogP contribution < -0.4 is 5.32 Å².